The van der Waals surface area contributed by atoms with E-state index in [4.69, 9.17) is 32.7 Å². The number of anilines is 1. The van der Waals surface area contributed by atoms with Crippen LogP contribution in [0.5, 0.6) is 11.5 Å². The number of nitrogens with zero attached hydrogens (tertiary/aromatic N) is 2. The molecule has 1 N–H and O–H groups in total. The molecule has 0 saturated carbocycles. The van der Waals surface area contributed by atoms with E-state index in [1.165, 1.54) is 12.1 Å². The maximum Gasteiger partial charge on any atom is 0.269 e. The van der Waals surface area contributed by atoms with Crippen molar-refractivity contribution in [1.82, 2.24) is 0 Å². The zero-order chi connectivity index (χ0) is 22.2. The highest BCUT2D eigenvalue weighted by Gasteiger charge is 2.13. The van der Waals surface area contributed by atoms with Gasteiger partial charge in [-0.1, -0.05) is 35.3 Å². The Morgan fingerprint density at radius 3 is 2.42 bits per heavy atom. The van der Waals surface area contributed by atoms with Crippen molar-refractivity contribution in [1.29, 1.82) is 0 Å². The first-order chi connectivity index (χ1) is 15.0. The van der Waals surface area contributed by atoms with Gasteiger partial charge < -0.3 is 9.47 Å². The van der Waals surface area contributed by atoms with Crippen molar-refractivity contribution in [2.75, 3.05) is 12.0 Å². The standard InChI is InChI=1S/C22H19Cl2N3O4/c1-2-30-21-12-16(13-25-26-18-7-9-19(10-8-18)27(28)29)11-20(24)22(21)31-14-15-3-5-17(23)6-4-15/h3-13,26H,2,14H2,1H3/b25-13+. The lowest BCUT2D eigenvalue weighted by molar-refractivity contribution is -0.384. The number of nitro benzene ring substituents is 1. The van der Waals surface area contributed by atoms with Gasteiger partial charge in [0.15, 0.2) is 11.5 Å². The van der Waals surface area contributed by atoms with Gasteiger partial charge in [0, 0.05) is 17.2 Å². The monoisotopic (exact) mass is 459 g/mol. The summed E-state index contributed by atoms with van der Waals surface area (Å²) in [5, 5.41) is 15.9. The lowest BCUT2D eigenvalue weighted by Gasteiger charge is -2.14. The first-order valence-corrected chi connectivity index (χ1v) is 10.1. The smallest absolute Gasteiger partial charge is 0.269 e. The van der Waals surface area contributed by atoms with Crippen LogP contribution in [0.1, 0.15) is 18.1 Å². The molecule has 7 nitrogen and oxygen atoms in total. The number of hydrazone groups is 1. The lowest BCUT2D eigenvalue weighted by atomic mass is 10.2. The van der Waals surface area contributed by atoms with Gasteiger partial charge >= 0.3 is 0 Å². The van der Waals surface area contributed by atoms with Crippen molar-refractivity contribution in [2.45, 2.75) is 13.5 Å². The maximum atomic E-state index is 10.7. The lowest BCUT2D eigenvalue weighted by Crippen LogP contribution is -2.01. The molecule has 0 unspecified atom stereocenters. The topological polar surface area (TPSA) is 86.0 Å². The molecule has 9 heteroatoms. The van der Waals surface area contributed by atoms with E-state index in [1.54, 1.807) is 42.6 Å². The summed E-state index contributed by atoms with van der Waals surface area (Å²) in [7, 11) is 0. The first kappa shape index (κ1) is 22.4. The largest absolute Gasteiger partial charge is 0.490 e. The number of halogens is 2. The Balaban J connectivity index is 1.71. The summed E-state index contributed by atoms with van der Waals surface area (Å²) < 4.78 is 11.6. The highest BCUT2D eigenvalue weighted by molar-refractivity contribution is 6.32. The van der Waals surface area contributed by atoms with Crippen LogP contribution in [0.15, 0.2) is 65.8 Å². The van der Waals surface area contributed by atoms with Crippen LogP contribution >= 0.6 is 23.2 Å². The van der Waals surface area contributed by atoms with Gasteiger partial charge in [0.25, 0.3) is 5.69 Å². The third kappa shape index (κ3) is 6.34. The van der Waals surface area contributed by atoms with Crippen molar-refractivity contribution in [3.8, 4) is 11.5 Å². The number of nitro groups is 1. The quantitative estimate of drug-likeness (QED) is 0.229. The summed E-state index contributed by atoms with van der Waals surface area (Å²) >= 11 is 12.3. The minimum Gasteiger partial charge on any atom is -0.490 e. The molecule has 0 aliphatic rings. The van der Waals surface area contributed by atoms with E-state index in [0.717, 1.165) is 5.56 Å². The molecule has 0 heterocycles. The van der Waals surface area contributed by atoms with Gasteiger partial charge in [-0.05, 0) is 54.4 Å². The molecule has 0 atom stereocenters. The third-order valence-corrected chi connectivity index (χ3v) is 4.65. The molecule has 0 fully saturated rings. The predicted octanol–water partition coefficient (Wildman–Crippen LogP) is 6.33. The SMILES string of the molecule is CCOc1cc(/C=N/Nc2ccc([N+](=O)[O-])cc2)cc(Cl)c1OCc1ccc(Cl)cc1. The average Bonchev–Trinajstić information content (AvgIpc) is 2.75. The molecular weight excluding hydrogens is 441 g/mol. The summed E-state index contributed by atoms with van der Waals surface area (Å²) in [6.07, 6.45) is 1.57. The van der Waals surface area contributed by atoms with E-state index >= 15 is 0 Å². The highest BCUT2D eigenvalue weighted by atomic mass is 35.5. The van der Waals surface area contributed by atoms with E-state index in [9.17, 15) is 10.1 Å². The predicted molar refractivity (Wildman–Crippen MR) is 123 cm³/mol. The minimum absolute atomic E-state index is 0.0110. The fourth-order valence-electron chi connectivity index (χ4n) is 2.64. The molecule has 0 aromatic heterocycles. The molecule has 3 rings (SSSR count). The van der Waals surface area contributed by atoms with Crippen LogP contribution in [0.2, 0.25) is 10.0 Å². The Bertz CT molecular complexity index is 1070. The van der Waals surface area contributed by atoms with Gasteiger partial charge in [0.2, 0.25) is 0 Å². The van der Waals surface area contributed by atoms with Crippen LogP contribution in [0.3, 0.4) is 0 Å². The molecule has 3 aromatic carbocycles. The van der Waals surface area contributed by atoms with E-state index < -0.39 is 4.92 Å². The number of ether oxygens (including phenoxy) is 2. The Kier molecular flexibility index (Phi) is 7.70. The molecule has 0 bridgehead atoms. The maximum absolute atomic E-state index is 10.7. The third-order valence-electron chi connectivity index (χ3n) is 4.11. The zero-order valence-corrected chi connectivity index (χ0v) is 18.1. The molecule has 160 valence electrons. The number of hydrogen-bond donors (Lipinski definition) is 1. The second kappa shape index (κ2) is 10.7. The Labute approximate surface area is 189 Å². The second-order valence-electron chi connectivity index (χ2n) is 6.35. The van der Waals surface area contributed by atoms with Crippen LogP contribution in [-0.2, 0) is 6.61 Å². The van der Waals surface area contributed by atoms with Crippen molar-refractivity contribution >= 4 is 40.8 Å². The Morgan fingerprint density at radius 1 is 1.06 bits per heavy atom. The first-order valence-electron chi connectivity index (χ1n) is 9.33. The van der Waals surface area contributed by atoms with E-state index in [1.807, 2.05) is 19.1 Å². The summed E-state index contributed by atoms with van der Waals surface area (Å²) in [4.78, 5) is 10.3. The summed E-state index contributed by atoms with van der Waals surface area (Å²) in [6.45, 7) is 2.62. The van der Waals surface area contributed by atoms with Gasteiger partial charge in [0.05, 0.1) is 28.5 Å². The number of hydrogen-bond acceptors (Lipinski definition) is 6. The minimum atomic E-state index is -0.457. The molecule has 3 aromatic rings. The highest BCUT2D eigenvalue weighted by Crippen LogP contribution is 2.37. The van der Waals surface area contributed by atoms with Gasteiger partial charge in [-0.15, -0.1) is 0 Å². The number of nitrogens with one attached hydrogen (secondary N) is 1. The number of non-ortho nitro benzene ring substituents is 1. The van der Waals surface area contributed by atoms with Gasteiger partial charge in [-0.2, -0.15) is 5.10 Å². The molecular formula is C22H19Cl2N3O4. The van der Waals surface area contributed by atoms with Crippen LogP contribution in [0, 0.1) is 10.1 Å². The average molecular weight is 460 g/mol. The van der Waals surface area contributed by atoms with Gasteiger partial charge in [-0.3, -0.25) is 15.5 Å². The summed E-state index contributed by atoms with van der Waals surface area (Å²) in [6, 6.07) is 16.8. The van der Waals surface area contributed by atoms with E-state index in [2.05, 4.69) is 10.5 Å². The van der Waals surface area contributed by atoms with Crippen molar-refractivity contribution < 1.29 is 14.4 Å². The van der Waals surface area contributed by atoms with Crippen molar-refractivity contribution in [2.24, 2.45) is 5.10 Å². The van der Waals surface area contributed by atoms with Crippen LogP contribution in [0.25, 0.3) is 0 Å². The van der Waals surface area contributed by atoms with Crippen LogP contribution in [-0.4, -0.2) is 17.7 Å². The molecule has 0 saturated heterocycles. The summed E-state index contributed by atoms with van der Waals surface area (Å²) in [5.74, 6) is 0.944. The number of rotatable bonds is 9. The fraction of sp³-hybridized carbons (Fsp3) is 0.136. The zero-order valence-electron chi connectivity index (χ0n) is 16.5. The van der Waals surface area contributed by atoms with Gasteiger partial charge in [-0.25, -0.2) is 0 Å². The molecule has 0 spiro atoms. The number of benzene rings is 3. The van der Waals surface area contributed by atoms with Crippen LogP contribution in [0.4, 0.5) is 11.4 Å². The fourth-order valence-corrected chi connectivity index (χ4v) is 3.04. The Hall–Kier alpha value is -3.29. The molecule has 0 aliphatic heterocycles. The van der Waals surface area contributed by atoms with E-state index in [0.29, 0.717) is 46.0 Å². The molecule has 0 aliphatic carbocycles. The van der Waals surface area contributed by atoms with Gasteiger partial charge in [0.1, 0.15) is 6.61 Å². The van der Waals surface area contributed by atoms with Crippen molar-refractivity contribution in [3.05, 3.63) is 92.0 Å². The summed E-state index contributed by atoms with van der Waals surface area (Å²) in [5.41, 5.74) is 5.08. The molecule has 0 radical (unpaired) electrons. The van der Waals surface area contributed by atoms with Crippen molar-refractivity contribution in [3.63, 3.8) is 0 Å². The van der Waals surface area contributed by atoms with E-state index in [-0.39, 0.29) is 5.69 Å². The normalized spacial score (nSPS) is 10.8. The molecule has 0 amide bonds. The second-order valence-corrected chi connectivity index (χ2v) is 7.20. The molecule has 31 heavy (non-hydrogen) atoms. The van der Waals surface area contributed by atoms with Crippen LogP contribution < -0.4 is 14.9 Å². The Morgan fingerprint density at radius 2 is 1.77 bits per heavy atom.